The van der Waals surface area contributed by atoms with E-state index in [0.29, 0.717) is 12.1 Å². The Morgan fingerprint density at radius 1 is 1.08 bits per heavy atom. The van der Waals surface area contributed by atoms with Crippen LogP contribution in [0.15, 0.2) is 60.8 Å². The summed E-state index contributed by atoms with van der Waals surface area (Å²) < 4.78 is 1.83. The quantitative estimate of drug-likeness (QED) is 0.640. The average molecular weight is 366 g/mol. The number of benzene rings is 2. The number of hydrogen-bond donors (Lipinski definition) is 1. The summed E-state index contributed by atoms with van der Waals surface area (Å²) in [6.07, 6.45) is 1.65. The molecule has 1 heterocycles. The first-order valence-electron chi connectivity index (χ1n) is 8.67. The predicted octanol–water partition coefficient (Wildman–Crippen LogP) is 4.15. The summed E-state index contributed by atoms with van der Waals surface area (Å²) in [5, 5.41) is 7.39. The molecule has 5 heteroatoms. The van der Waals surface area contributed by atoms with Crippen molar-refractivity contribution in [3.05, 3.63) is 83.2 Å². The third-order valence-corrected chi connectivity index (χ3v) is 5.27. The number of carbonyl (C=O) groups is 1. The van der Waals surface area contributed by atoms with E-state index in [0.717, 1.165) is 28.5 Å². The number of rotatable bonds is 7. The Labute approximate surface area is 158 Å². The van der Waals surface area contributed by atoms with E-state index in [-0.39, 0.29) is 5.91 Å². The minimum Gasteiger partial charge on any atom is -0.351 e. The zero-order valence-electron chi connectivity index (χ0n) is 15.1. The number of aryl methyl sites for hydroxylation is 1. The van der Waals surface area contributed by atoms with E-state index in [1.807, 2.05) is 72.8 Å². The van der Waals surface area contributed by atoms with Gasteiger partial charge in [0.2, 0.25) is 0 Å². The highest BCUT2D eigenvalue weighted by atomic mass is 32.2. The largest absolute Gasteiger partial charge is 0.351 e. The van der Waals surface area contributed by atoms with E-state index in [2.05, 4.69) is 22.5 Å². The highest BCUT2D eigenvalue weighted by Crippen LogP contribution is 2.17. The lowest BCUT2D eigenvalue weighted by atomic mass is 10.2. The first-order valence-corrected chi connectivity index (χ1v) is 9.83. The number of carbonyl (C=O) groups excluding carboxylic acids is 1. The van der Waals surface area contributed by atoms with E-state index >= 15 is 0 Å². The Bertz CT molecular complexity index is 874. The van der Waals surface area contributed by atoms with Gasteiger partial charge in [-0.2, -0.15) is 16.9 Å². The molecule has 3 aromatic rings. The van der Waals surface area contributed by atoms with Crippen molar-refractivity contribution >= 4 is 17.7 Å². The van der Waals surface area contributed by atoms with Crippen LogP contribution >= 0.6 is 11.8 Å². The summed E-state index contributed by atoms with van der Waals surface area (Å²) in [4.78, 5) is 12.5. The number of nitrogens with zero attached hydrogens (tertiary/aromatic N) is 2. The van der Waals surface area contributed by atoms with Crippen LogP contribution in [-0.2, 0) is 5.75 Å². The van der Waals surface area contributed by atoms with Crippen LogP contribution in [0.3, 0.4) is 0 Å². The van der Waals surface area contributed by atoms with Gasteiger partial charge in [0.25, 0.3) is 5.91 Å². The molecule has 0 bridgehead atoms. The molecule has 3 rings (SSSR count). The van der Waals surface area contributed by atoms with Gasteiger partial charge in [0.1, 0.15) is 0 Å². The van der Waals surface area contributed by atoms with Gasteiger partial charge in [-0.15, -0.1) is 0 Å². The van der Waals surface area contributed by atoms with Gasteiger partial charge in [0, 0.05) is 18.1 Å². The maximum absolute atomic E-state index is 12.5. The molecule has 0 radical (unpaired) electrons. The van der Waals surface area contributed by atoms with Crippen molar-refractivity contribution in [1.29, 1.82) is 0 Å². The van der Waals surface area contributed by atoms with Gasteiger partial charge in [-0.25, -0.2) is 4.68 Å². The van der Waals surface area contributed by atoms with Gasteiger partial charge in [-0.05, 0) is 31.0 Å². The Hall–Kier alpha value is -2.53. The molecule has 0 unspecified atom stereocenters. The fourth-order valence-electron chi connectivity index (χ4n) is 2.77. The van der Waals surface area contributed by atoms with Gasteiger partial charge >= 0.3 is 0 Å². The molecule has 1 aromatic heterocycles. The number of nitrogens with one attached hydrogen (secondary N) is 1. The van der Waals surface area contributed by atoms with Gasteiger partial charge in [0.05, 0.1) is 23.1 Å². The van der Waals surface area contributed by atoms with Gasteiger partial charge < -0.3 is 5.32 Å². The smallest absolute Gasteiger partial charge is 0.254 e. The highest BCUT2D eigenvalue weighted by molar-refractivity contribution is 7.98. The van der Waals surface area contributed by atoms with Gasteiger partial charge in [-0.3, -0.25) is 4.79 Å². The summed E-state index contributed by atoms with van der Waals surface area (Å²) in [6.45, 7) is 4.62. The van der Waals surface area contributed by atoms with E-state index in [4.69, 9.17) is 0 Å². The predicted molar refractivity (Wildman–Crippen MR) is 108 cm³/mol. The van der Waals surface area contributed by atoms with Crippen LogP contribution in [0.5, 0.6) is 0 Å². The van der Waals surface area contributed by atoms with Crippen LogP contribution in [0, 0.1) is 13.8 Å². The van der Waals surface area contributed by atoms with Crippen LogP contribution in [-0.4, -0.2) is 28.0 Å². The summed E-state index contributed by atoms with van der Waals surface area (Å²) in [6, 6.07) is 18.4. The molecule has 2 aromatic carbocycles. The van der Waals surface area contributed by atoms with Crippen LogP contribution in [0.1, 0.15) is 27.2 Å². The van der Waals surface area contributed by atoms with Crippen molar-refractivity contribution in [1.82, 2.24) is 15.1 Å². The van der Waals surface area contributed by atoms with Crippen molar-refractivity contribution < 1.29 is 4.79 Å². The lowest BCUT2D eigenvalue weighted by Gasteiger charge is -2.09. The average Bonchev–Trinajstić information content (AvgIpc) is 3.04. The molecule has 134 valence electrons. The molecule has 0 spiro atoms. The first kappa shape index (κ1) is 18.3. The van der Waals surface area contributed by atoms with Crippen molar-refractivity contribution in [2.75, 3.05) is 12.3 Å². The van der Waals surface area contributed by atoms with Crippen LogP contribution in [0.25, 0.3) is 5.69 Å². The number of hydrogen-bond acceptors (Lipinski definition) is 3. The second-order valence-electron chi connectivity index (χ2n) is 6.14. The molecule has 0 atom stereocenters. The van der Waals surface area contributed by atoms with E-state index < -0.39 is 0 Å². The highest BCUT2D eigenvalue weighted by Gasteiger charge is 2.15. The topological polar surface area (TPSA) is 46.9 Å². The molecular weight excluding hydrogens is 342 g/mol. The minimum atomic E-state index is -0.0670. The lowest BCUT2D eigenvalue weighted by Crippen LogP contribution is -2.26. The number of aromatic nitrogens is 2. The van der Waals surface area contributed by atoms with E-state index in [1.54, 1.807) is 6.20 Å². The SMILES string of the molecule is Cc1ccccc1-n1ncc(C(=O)NCCSCc2ccccc2)c1C. The molecule has 1 N–H and O–H groups in total. The molecule has 0 saturated carbocycles. The summed E-state index contributed by atoms with van der Waals surface area (Å²) >= 11 is 1.82. The number of thioether (sulfide) groups is 1. The van der Waals surface area contributed by atoms with Gasteiger partial charge in [-0.1, -0.05) is 48.5 Å². The molecular formula is C21H23N3OS. The summed E-state index contributed by atoms with van der Waals surface area (Å²) in [5.41, 5.74) is 4.92. The Morgan fingerprint density at radius 2 is 1.81 bits per heavy atom. The lowest BCUT2D eigenvalue weighted by molar-refractivity contribution is 0.0955. The Balaban J connectivity index is 1.53. The Kier molecular flexibility index (Phi) is 6.12. The van der Waals surface area contributed by atoms with Crippen molar-refractivity contribution in [3.63, 3.8) is 0 Å². The van der Waals surface area contributed by atoms with Crippen LogP contribution < -0.4 is 5.32 Å². The summed E-state index contributed by atoms with van der Waals surface area (Å²) in [7, 11) is 0. The second-order valence-corrected chi connectivity index (χ2v) is 7.24. The second kappa shape index (κ2) is 8.72. The minimum absolute atomic E-state index is 0.0670. The molecule has 0 aliphatic rings. The number of para-hydroxylation sites is 1. The fourth-order valence-corrected chi connectivity index (χ4v) is 3.59. The molecule has 4 nitrogen and oxygen atoms in total. The van der Waals surface area contributed by atoms with Crippen LogP contribution in [0.4, 0.5) is 0 Å². The maximum Gasteiger partial charge on any atom is 0.254 e. The maximum atomic E-state index is 12.5. The molecule has 0 aliphatic carbocycles. The molecule has 0 saturated heterocycles. The van der Waals surface area contributed by atoms with Crippen molar-refractivity contribution in [2.45, 2.75) is 19.6 Å². The monoisotopic (exact) mass is 365 g/mol. The third-order valence-electron chi connectivity index (χ3n) is 4.24. The summed E-state index contributed by atoms with van der Waals surface area (Å²) in [5.74, 6) is 1.77. The molecule has 26 heavy (non-hydrogen) atoms. The standard InChI is InChI=1S/C21H23N3OS/c1-16-8-6-7-11-20(16)24-17(2)19(14-23-24)21(25)22-12-13-26-15-18-9-4-3-5-10-18/h3-11,14H,12-13,15H2,1-2H3,(H,22,25). The number of amides is 1. The zero-order valence-corrected chi connectivity index (χ0v) is 15.9. The molecule has 1 amide bonds. The van der Waals surface area contributed by atoms with Gasteiger partial charge in [0.15, 0.2) is 0 Å². The molecule has 0 aliphatic heterocycles. The van der Waals surface area contributed by atoms with E-state index in [9.17, 15) is 4.79 Å². The fraction of sp³-hybridized carbons (Fsp3) is 0.238. The molecule has 0 fully saturated rings. The Morgan fingerprint density at radius 3 is 2.58 bits per heavy atom. The first-order chi connectivity index (χ1) is 12.7. The third kappa shape index (κ3) is 4.35. The zero-order chi connectivity index (χ0) is 18.4. The van der Waals surface area contributed by atoms with Crippen molar-refractivity contribution in [2.24, 2.45) is 0 Å². The van der Waals surface area contributed by atoms with Crippen LogP contribution in [0.2, 0.25) is 0 Å². The van der Waals surface area contributed by atoms with E-state index in [1.165, 1.54) is 5.56 Å². The van der Waals surface area contributed by atoms with Crippen molar-refractivity contribution in [3.8, 4) is 5.69 Å². The normalized spacial score (nSPS) is 10.7.